The first kappa shape index (κ1) is 21.6. The van der Waals surface area contributed by atoms with Crippen LogP contribution in [0, 0.1) is 5.82 Å². The minimum Gasteiger partial charge on any atom is -0.481 e. The van der Waals surface area contributed by atoms with Crippen LogP contribution in [-0.2, 0) is 14.8 Å². The summed E-state index contributed by atoms with van der Waals surface area (Å²) in [5.74, 6) is -0.487. The van der Waals surface area contributed by atoms with Crippen molar-refractivity contribution in [2.45, 2.75) is 17.9 Å². The summed E-state index contributed by atoms with van der Waals surface area (Å²) in [5, 5.41) is 3.05. The molecule has 0 radical (unpaired) electrons. The van der Waals surface area contributed by atoms with Crippen molar-refractivity contribution in [3.05, 3.63) is 83.6 Å². The Hall–Kier alpha value is -3.10. The predicted octanol–water partition coefficient (Wildman–Crippen LogP) is 4.69. The highest BCUT2D eigenvalue weighted by atomic mass is 35.5. The van der Waals surface area contributed by atoms with Crippen LogP contribution in [0.5, 0.6) is 5.75 Å². The van der Waals surface area contributed by atoms with Gasteiger partial charge in [-0.3, -0.25) is 9.52 Å². The monoisotopic (exact) mass is 448 g/mol. The highest BCUT2D eigenvalue weighted by Gasteiger charge is 2.17. The average Bonchev–Trinajstić information content (AvgIpc) is 2.70. The molecule has 0 saturated heterocycles. The number of rotatable bonds is 7. The first-order chi connectivity index (χ1) is 14.2. The smallest absolute Gasteiger partial charge is 0.265 e. The van der Waals surface area contributed by atoms with Gasteiger partial charge in [0.1, 0.15) is 11.6 Å². The van der Waals surface area contributed by atoms with Gasteiger partial charge in [0.25, 0.3) is 15.9 Å². The number of carbonyl (C=O) groups excluding carboxylic acids is 1. The van der Waals surface area contributed by atoms with Gasteiger partial charge >= 0.3 is 0 Å². The molecule has 3 aromatic rings. The third kappa shape index (κ3) is 5.71. The van der Waals surface area contributed by atoms with Gasteiger partial charge in [0.15, 0.2) is 6.10 Å². The second-order valence-electron chi connectivity index (χ2n) is 6.34. The maximum Gasteiger partial charge on any atom is 0.265 e. The third-order valence-electron chi connectivity index (χ3n) is 4.00. The molecule has 6 nitrogen and oxygen atoms in total. The van der Waals surface area contributed by atoms with Crippen molar-refractivity contribution >= 4 is 38.9 Å². The fraction of sp³-hybridized carbons (Fsp3) is 0.0952. The maximum absolute atomic E-state index is 12.9. The number of nitrogens with one attached hydrogen (secondary N) is 2. The standard InChI is InChI=1S/C21H18ClFN2O4S/c1-14(29-19-9-5-16(23)6-10-19)21(26)24-17-7-11-20(12-8-17)30(27,28)25-18-4-2-3-15(22)13-18/h2-14,25H,1H3,(H,24,26). The van der Waals surface area contributed by atoms with Crippen LogP contribution in [0.1, 0.15) is 6.92 Å². The van der Waals surface area contributed by atoms with E-state index in [0.717, 1.165) is 0 Å². The van der Waals surface area contributed by atoms with Gasteiger partial charge in [-0.05, 0) is 73.7 Å². The lowest BCUT2D eigenvalue weighted by atomic mass is 10.3. The Kier molecular flexibility index (Phi) is 6.59. The van der Waals surface area contributed by atoms with Crippen molar-refractivity contribution < 1.29 is 22.3 Å². The van der Waals surface area contributed by atoms with Crippen LogP contribution >= 0.6 is 11.6 Å². The molecular weight excluding hydrogens is 431 g/mol. The fourth-order valence-corrected chi connectivity index (χ4v) is 3.74. The minimum atomic E-state index is -3.81. The zero-order chi connectivity index (χ0) is 21.7. The van der Waals surface area contributed by atoms with E-state index >= 15 is 0 Å². The van der Waals surface area contributed by atoms with E-state index in [4.69, 9.17) is 16.3 Å². The SMILES string of the molecule is CC(Oc1ccc(F)cc1)C(=O)Nc1ccc(S(=O)(=O)Nc2cccc(Cl)c2)cc1. The van der Waals surface area contributed by atoms with Crippen molar-refractivity contribution in [2.75, 3.05) is 10.0 Å². The number of benzene rings is 3. The van der Waals surface area contributed by atoms with Crippen LogP contribution in [0.2, 0.25) is 5.02 Å². The van der Waals surface area contributed by atoms with E-state index < -0.39 is 27.9 Å². The average molecular weight is 449 g/mol. The molecule has 1 atom stereocenters. The Morgan fingerprint density at radius 1 is 1.00 bits per heavy atom. The summed E-state index contributed by atoms with van der Waals surface area (Å²) >= 11 is 5.87. The number of ether oxygens (including phenoxy) is 1. The molecule has 0 aliphatic heterocycles. The summed E-state index contributed by atoms with van der Waals surface area (Å²) in [6.07, 6.45) is -0.844. The van der Waals surface area contributed by atoms with Gasteiger partial charge < -0.3 is 10.1 Å². The lowest BCUT2D eigenvalue weighted by Crippen LogP contribution is -2.30. The number of hydrogen-bond acceptors (Lipinski definition) is 4. The third-order valence-corrected chi connectivity index (χ3v) is 5.64. The molecule has 9 heteroatoms. The topological polar surface area (TPSA) is 84.5 Å². The van der Waals surface area contributed by atoms with Gasteiger partial charge in [-0.25, -0.2) is 12.8 Å². The van der Waals surface area contributed by atoms with Crippen LogP contribution in [0.25, 0.3) is 0 Å². The van der Waals surface area contributed by atoms with Gasteiger partial charge in [0.2, 0.25) is 0 Å². The van der Waals surface area contributed by atoms with E-state index in [-0.39, 0.29) is 4.90 Å². The summed E-state index contributed by atoms with van der Waals surface area (Å²) in [6.45, 7) is 1.55. The predicted molar refractivity (Wildman–Crippen MR) is 114 cm³/mol. The van der Waals surface area contributed by atoms with E-state index in [1.54, 1.807) is 25.1 Å². The molecule has 0 fully saturated rings. The molecule has 0 saturated carbocycles. The Bertz CT molecular complexity index is 1140. The van der Waals surface area contributed by atoms with E-state index in [0.29, 0.717) is 22.1 Å². The molecule has 0 heterocycles. The Labute approximate surface area is 178 Å². The number of halogens is 2. The van der Waals surface area contributed by atoms with Gasteiger partial charge in [-0.1, -0.05) is 17.7 Å². The van der Waals surface area contributed by atoms with Crippen LogP contribution in [0.3, 0.4) is 0 Å². The molecule has 0 aliphatic rings. The van der Waals surface area contributed by atoms with Gasteiger partial charge in [0.05, 0.1) is 10.6 Å². The number of carbonyl (C=O) groups is 1. The summed E-state index contributed by atoms with van der Waals surface area (Å²) in [7, 11) is -3.81. The van der Waals surface area contributed by atoms with E-state index in [1.807, 2.05) is 0 Å². The number of hydrogen-bond donors (Lipinski definition) is 2. The summed E-state index contributed by atoms with van der Waals surface area (Å²) in [6, 6.07) is 17.3. The molecule has 1 unspecified atom stereocenters. The number of anilines is 2. The lowest BCUT2D eigenvalue weighted by molar-refractivity contribution is -0.122. The van der Waals surface area contributed by atoms with Crippen molar-refractivity contribution in [2.24, 2.45) is 0 Å². The molecule has 3 aromatic carbocycles. The Balaban J connectivity index is 1.63. The molecule has 0 aromatic heterocycles. The molecule has 3 rings (SSSR count). The van der Waals surface area contributed by atoms with E-state index in [1.165, 1.54) is 54.6 Å². The fourth-order valence-electron chi connectivity index (χ4n) is 2.50. The van der Waals surface area contributed by atoms with Gasteiger partial charge in [-0.2, -0.15) is 0 Å². The van der Waals surface area contributed by atoms with Crippen LogP contribution < -0.4 is 14.8 Å². The second kappa shape index (κ2) is 9.15. The normalized spacial score (nSPS) is 12.1. The molecular formula is C21H18ClFN2O4S. The van der Waals surface area contributed by atoms with Gasteiger partial charge in [0, 0.05) is 10.7 Å². The van der Waals surface area contributed by atoms with Crippen molar-refractivity contribution in [1.82, 2.24) is 0 Å². The van der Waals surface area contributed by atoms with Gasteiger partial charge in [-0.15, -0.1) is 0 Å². The van der Waals surface area contributed by atoms with Crippen LogP contribution in [0.15, 0.2) is 77.7 Å². The number of amides is 1. The molecule has 0 aliphatic carbocycles. The van der Waals surface area contributed by atoms with Crippen molar-refractivity contribution in [1.29, 1.82) is 0 Å². The molecule has 156 valence electrons. The molecule has 1 amide bonds. The number of sulfonamides is 1. The highest BCUT2D eigenvalue weighted by Crippen LogP contribution is 2.21. The Morgan fingerprint density at radius 3 is 2.30 bits per heavy atom. The summed E-state index contributed by atoms with van der Waals surface area (Å²) in [5.41, 5.74) is 0.739. The van der Waals surface area contributed by atoms with E-state index in [9.17, 15) is 17.6 Å². The first-order valence-corrected chi connectivity index (χ1v) is 10.7. The zero-order valence-electron chi connectivity index (χ0n) is 15.8. The zero-order valence-corrected chi connectivity index (χ0v) is 17.4. The highest BCUT2D eigenvalue weighted by molar-refractivity contribution is 7.92. The second-order valence-corrected chi connectivity index (χ2v) is 8.46. The van der Waals surface area contributed by atoms with Crippen molar-refractivity contribution in [3.8, 4) is 5.75 Å². The maximum atomic E-state index is 12.9. The van der Waals surface area contributed by atoms with E-state index in [2.05, 4.69) is 10.0 Å². The van der Waals surface area contributed by atoms with Crippen molar-refractivity contribution in [3.63, 3.8) is 0 Å². The quantitative estimate of drug-likeness (QED) is 0.549. The molecule has 0 bridgehead atoms. The molecule has 0 spiro atoms. The Morgan fingerprint density at radius 2 is 1.67 bits per heavy atom. The lowest BCUT2D eigenvalue weighted by Gasteiger charge is -2.15. The summed E-state index contributed by atoms with van der Waals surface area (Å²) in [4.78, 5) is 12.3. The van der Waals surface area contributed by atoms with Crippen LogP contribution in [-0.4, -0.2) is 20.4 Å². The minimum absolute atomic E-state index is 0.0242. The summed E-state index contributed by atoms with van der Waals surface area (Å²) < 4.78 is 45.8. The first-order valence-electron chi connectivity index (χ1n) is 8.84. The largest absolute Gasteiger partial charge is 0.481 e. The molecule has 30 heavy (non-hydrogen) atoms. The van der Waals surface area contributed by atoms with Crippen LogP contribution in [0.4, 0.5) is 15.8 Å². The molecule has 2 N–H and O–H groups in total.